The number of carbonyl (C=O) groups excluding carboxylic acids is 1. The highest BCUT2D eigenvalue weighted by molar-refractivity contribution is 7.89. The first-order valence-electron chi connectivity index (χ1n) is 11.8. The summed E-state index contributed by atoms with van der Waals surface area (Å²) >= 11 is 0. The molecule has 1 aliphatic heterocycles. The number of rotatable bonds is 13. The maximum Gasteiger partial charge on any atom is 0.345 e. The lowest BCUT2D eigenvalue weighted by molar-refractivity contribution is -0.149. The number of hydrogen-bond donors (Lipinski definition) is 5. The van der Waals surface area contributed by atoms with Crippen LogP contribution in [0.2, 0.25) is 0 Å². The molecule has 2 atom stereocenters. The van der Waals surface area contributed by atoms with Gasteiger partial charge in [0, 0.05) is 37.0 Å². The molecule has 2 heterocycles. The smallest absolute Gasteiger partial charge is 0.345 e. The first-order chi connectivity index (χ1) is 17.8. The molecule has 5 N–H and O–H groups in total. The van der Waals surface area contributed by atoms with Gasteiger partial charge in [-0.2, -0.15) is 4.72 Å². The molecule has 1 amide bonds. The Morgan fingerprint density at radius 1 is 1.16 bits per heavy atom. The third kappa shape index (κ3) is 6.43. The number of amides is 1. The number of nitrogens with one attached hydrogen (secondary N) is 4. The van der Waals surface area contributed by atoms with E-state index in [4.69, 9.17) is 4.84 Å². The Bertz CT molecular complexity index is 1360. The Morgan fingerprint density at radius 2 is 1.97 bits per heavy atom. The van der Waals surface area contributed by atoms with Crippen molar-refractivity contribution in [2.24, 2.45) is 5.16 Å². The van der Waals surface area contributed by atoms with E-state index in [9.17, 15) is 23.1 Å². The second kappa shape index (κ2) is 11.4. The Kier molecular flexibility index (Phi) is 8.04. The molecule has 13 heteroatoms. The van der Waals surface area contributed by atoms with E-state index in [2.05, 4.69) is 30.5 Å². The number of hydrogen-bond acceptors (Lipinski definition) is 8. The number of aliphatic carboxylic acids is 1. The van der Waals surface area contributed by atoms with Gasteiger partial charge in [0.15, 0.2) is 5.95 Å². The lowest BCUT2D eigenvalue weighted by Crippen LogP contribution is -2.65. The van der Waals surface area contributed by atoms with Crippen LogP contribution in [0.3, 0.4) is 0 Å². The molecule has 1 aromatic heterocycles. The van der Waals surface area contributed by atoms with E-state index in [1.807, 2.05) is 0 Å². The average Bonchev–Trinajstić information content (AvgIpc) is 3.57. The van der Waals surface area contributed by atoms with Crippen LogP contribution in [0.15, 0.2) is 64.9 Å². The summed E-state index contributed by atoms with van der Waals surface area (Å²) in [6.45, 7) is 0.459. The second-order valence-corrected chi connectivity index (χ2v) is 10.3. The fourth-order valence-corrected chi connectivity index (χ4v) is 5.63. The lowest BCUT2D eigenvalue weighted by atomic mass is 10.0. The van der Waals surface area contributed by atoms with Gasteiger partial charge in [-0.25, -0.2) is 18.2 Å². The van der Waals surface area contributed by atoms with E-state index in [-0.39, 0.29) is 24.2 Å². The Morgan fingerprint density at radius 3 is 2.70 bits per heavy atom. The molecular formula is C24H28N6O6S. The Balaban J connectivity index is 1.56. The topological polar surface area (TPSA) is 175 Å². The van der Waals surface area contributed by atoms with Gasteiger partial charge in [0.2, 0.25) is 21.6 Å². The number of fused-ring (bicyclic) bond motifs is 1. The maximum atomic E-state index is 13.5. The molecule has 0 fully saturated rings. The van der Waals surface area contributed by atoms with Gasteiger partial charge in [0.1, 0.15) is 6.10 Å². The van der Waals surface area contributed by atoms with Crippen LogP contribution in [0.5, 0.6) is 0 Å². The average molecular weight is 529 g/mol. The van der Waals surface area contributed by atoms with Crippen LogP contribution in [0.25, 0.3) is 10.8 Å². The number of sulfonamides is 1. The molecule has 1 aliphatic rings. The predicted octanol–water partition coefficient (Wildman–Crippen LogP) is 2.19. The number of H-pyrrole nitrogens is 1. The Labute approximate surface area is 213 Å². The summed E-state index contributed by atoms with van der Waals surface area (Å²) < 4.78 is 29.4. The predicted molar refractivity (Wildman–Crippen MR) is 136 cm³/mol. The van der Waals surface area contributed by atoms with Crippen molar-refractivity contribution in [3.8, 4) is 0 Å². The van der Waals surface area contributed by atoms with Crippen LogP contribution in [-0.4, -0.2) is 59.9 Å². The molecule has 3 aromatic rings. The van der Waals surface area contributed by atoms with Crippen LogP contribution in [0.4, 0.5) is 5.95 Å². The molecule has 12 nitrogen and oxygen atoms in total. The van der Waals surface area contributed by atoms with Crippen LogP contribution >= 0.6 is 0 Å². The monoisotopic (exact) mass is 528 g/mol. The minimum absolute atomic E-state index is 0.0857. The van der Waals surface area contributed by atoms with Crippen LogP contribution in [0.1, 0.15) is 32.1 Å². The van der Waals surface area contributed by atoms with E-state index in [0.717, 1.165) is 0 Å². The molecule has 0 aliphatic carbocycles. The van der Waals surface area contributed by atoms with Crippen molar-refractivity contribution in [2.75, 3.05) is 11.9 Å². The molecule has 0 saturated heterocycles. The number of carboxylic acids is 1. The number of carboxylic acid groups (broad SMARTS) is 1. The molecule has 0 radical (unpaired) electrons. The van der Waals surface area contributed by atoms with E-state index in [1.54, 1.807) is 48.8 Å². The summed E-state index contributed by atoms with van der Waals surface area (Å²) in [5.74, 6) is -1.63. The molecule has 196 valence electrons. The summed E-state index contributed by atoms with van der Waals surface area (Å²) in [4.78, 5) is 37.4. The summed E-state index contributed by atoms with van der Waals surface area (Å²) in [5, 5.41) is 20.5. The number of anilines is 1. The van der Waals surface area contributed by atoms with Gasteiger partial charge in [-0.15, -0.1) is 0 Å². The fourth-order valence-electron chi connectivity index (χ4n) is 4.09. The fraction of sp³-hybridized carbons (Fsp3) is 0.333. The SMILES string of the molecule is O=C(CC1CC=NO1)NC(CCCCNc1ncc[nH]1)(NS(=O)(=O)c1cccc2ccccc12)C(=O)O. The van der Waals surface area contributed by atoms with E-state index < -0.39 is 33.7 Å². The van der Waals surface area contributed by atoms with Crippen molar-refractivity contribution < 1.29 is 28.0 Å². The standard InChI is InChI=1S/C24H28N6O6S/c31-21(16-18-10-13-28-36-18)29-24(22(32)33,11-3-4-12-25-23-26-14-15-27-23)30-37(34,35)20-9-5-7-17-6-1-2-8-19(17)20/h1-2,5-9,13-15,18,30H,3-4,10-12,16H2,(H,29,31)(H,32,33)(H2,25,26,27). The third-order valence-corrected chi connectivity index (χ3v) is 7.45. The number of nitrogens with zero attached hydrogens (tertiary/aromatic N) is 2. The summed E-state index contributed by atoms with van der Waals surface area (Å²) in [6.07, 6.45) is 5.01. The zero-order chi connectivity index (χ0) is 26.3. The quantitative estimate of drug-likeness (QED) is 0.166. The number of benzene rings is 2. The minimum atomic E-state index is -4.37. The normalized spacial score (nSPS) is 16.7. The first-order valence-corrected chi connectivity index (χ1v) is 13.2. The van der Waals surface area contributed by atoms with E-state index in [0.29, 0.717) is 36.1 Å². The van der Waals surface area contributed by atoms with Crippen LogP contribution in [-0.2, 0) is 24.4 Å². The molecule has 0 saturated carbocycles. The van der Waals surface area contributed by atoms with Crippen molar-refractivity contribution in [3.05, 3.63) is 54.9 Å². The number of imidazole rings is 1. The third-order valence-electron chi connectivity index (χ3n) is 5.90. The van der Waals surface area contributed by atoms with Gasteiger partial charge in [-0.1, -0.05) is 41.6 Å². The van der Waals surface area contributed by atoms with Crippen LogP contribution < -0.4 is 15.4 Å². The van der Waals surface area contributed by atoms with E-state index >= 15 is 0 Å². The number of aromatic amines is 1. The first kappa shape index (κ1) is 26.1. The summed E-state index contributed by atoms with van der Waals surface area (Å²) in [7, 11) is -4.37. The molecule has 0 spiro atoms. The highest BCUT2D eigenvalue weighted by Gasteiger charge is 2.44. The molecule has 0 bridgehead atoms. The number of oxime groups is 1. The van der Waals surface area contributed by atoms with Crippen molar-refractivity contribution in [3.63, 3.8) is 0 Å². The van der Waals surface area contributed by atoms with Gasteiger partial charge in [0.05, 0.1) is 11.3 Å². The highest BCUT2D eigenvalue weighted by Crippen LogP contribution is 2.25. The van der Waals surface area contributed by atoms with E-state index in [1.165, 1.54) is 12.3 Å². The van der Waals surface area contributed by atoms with Crippen molar-refractivity contribution in [2.45, 2.75) is 48.8 Å². The highest BCUT2D eigenvalue weighted by atomic mass is 32.2. The largest absolute Gasteiger partial charge is 0.478 e. The molecule has 2 unspecified atom stereocenters. The number of aromatic nitrogens is 2. The molecular weight excluding hydrogens is 500 g/mol. The zero-order valence-electron chi connectivity index (χ0n) is 19.9. The molecule has 37 heavy (non-hydrogen) atoms. The van der Waals surface area contributed by atoms with Gasteiger partial charge in [-0.3, -0.25) is 4.79 Å². The van der Waals surface area contributed by atoms with Crippen molar-refractivity contribution in [1.82, 2.24) is 20.0 Å². The van der Waals surface area contributed by atoms with Crippen LogP contribution in [0, 0.1) is 0 Å². The van der Waals surface area contributed by atoms with Crippen molar-refractivity contribution >= 4 is 44.8 Å². The summed E-state index contributed by atoms with van der Waals surface area (Å²) in [6, 6.07) is 11.6. The number of unbranched alkanes of at least 4 members (excludes halogenated alkanes) is 1. The van der Waals surface area contributed by atoms with Gasteiger partial charge < -0.3 is 25.6 Å². The second-order valence-electron chi connectivity index (χ2n) is 8.62. The molecule has 2 aromatic carbocycles. The zero-order valence-corrected chi connectivity index (χ0v) is 20.7. The molecule has 4 rings (SSSR count). The number of carbonyl (C=O) groups is 2. The Hall–Kier alpha value is -3.97. The maximum absolute atomic E-state index is 13.5. The van der Waals surface area contributed by atoms with Gasteiger partial charge >= 0.3 is 5.97 Å². The van der Waals surface area contributed by atoms with Gasteiger partial charge in [0.25, 0.3) is 0 Å². The lowest BCUT2D eigenvalue weighted by Gasteiger charge is -2.32. The van der Waals surface area contributed by atoms with Crippen molar-refractivity contribution in [1.29, 1.82) is 0 Å². The van der Waals surface area contributed by atoms with Gasteiger partial charge in [-0.05, 0) is 30.7 Å². The minimum Gasteiger partial charge on any atom is -0.478 e. The summed E-state index contributed by atoms with van der Waals surface area (Å²) in [5.41, 5.74) is -2.28.